The Morgan fingerprint density at radius 3 is 3.05 bits per heavy atom. The van der Waals surface area contributed by atoms with E-state index in [9.17, 15) is 9.59 Å². The molecule has 1 aromatic rings. The molecule has 2 aliphatic rings. The minimum absolute atomic E-state index is 0.0280. The summed E-state index contributed by atoms with van der Waals surface area (Å²) in [6.45, 7) is 1.39. The lowest BCUT2D eigenvalue weighted by Gasteiger charge is -2.23. The second kappa shape index (κ2) is 5.25. The van der Waals surface area contributed by atoms with Crippen LogP contribution < -0.4 is 5.32 Å². The number of nitrogens with one attached hydrogen (secondary N) is 1. The predicted molar refractivity (Wildman–Crippen MR) is 74.1 cm³/mol. The van der Waals surface area contributed by atoms with E-state index in [-0.39, 0.29) is 18.4 Å². The smallest absolute Gasteiger partial charge is 0.241 e. The van der Waals surface area contributed by atoms with Crippen LogP contribution in [0, 0.1) is 0 Å². The number of thioether (sulfide) groups is 1. The van der Waals surface area contributed by atoms with Crippen molar-refractivity contribution in [3.63, 3.8) is 0 Å². The number of rotatable bonds is 2. The summed E-state index contributed by atoms with van der Waals surface area (Å²) in [6, 6.07) is 8.38. The first-order valence-corrected chi connectivity index (χ1v) is 7.49. The van der Waals surface area contributed by atoms with Crippen LogP contribution in [-0.2, 0) is 9.59 Å². The maximum absolute atomic E-state index is 12.0. The summed E-state index contributed by atoms with van der Waals surface area (Å²) >= 11 is 1.85. The van der Waals surface area contributed by atoms with Crippen molar-refractivity contribution in [2.24, 2.45) is 0 Å². The van der Waals surface area contributed by atoms with E-state index >= 15 is 0 Å². The molecule has 1 fully saturated rings. The van der Waals surface area contributed by atoms with Crippen LogP contribution in [0.5, 0.6) is 0 Å². The van der Waals surface area contributed by atoms with Crippen LogP contribution in [0.1, 0.15) is 17.9 Å². The third kappa shape index (κ3) is 2.61. The maximum atomic E-state index is 12.0. The first kappa shape index (κ1) is 12.5. The second-order valence-corrected chi connectivity index (χ2v) is 5.97. The Kier molecular flexibility index (Phi) is 3.46. The second-order valence-electron chi connectivity index (χ2n) is 4.91. The van der Waals surface area contributed by atoms with Crippen molar-refractivity contribution in [3.05, 3.63) is 29.8 Å². The summed E-state index contributed by atoms with van der Waals surface area (Å²) in [7, 11) is 0. The molecule has 100 valence electrons. The number of benzene rings is 1. The molecular weight excluding hydrogens is 260 g/mol. The molecule has 0 saturated carbocycles. The van der Waals surface area contributed by atoms with Crippen molar-refractivity contribution < 1.29 is 9.59 Å². The van der Waals surface area contributed by atoms with Crippen LogP contribution >= 0.6 is 11.8 Å². The van der Waals surface area contributed by atoms with Crippen LogP contribution in [0.4, 0.5) is 0 Å². The van der Waals surface area contributed by atoms with Gasteiger partial charge in [-0.05, 0) is 11.6 Å². The molecule has 0 bridgehead atoms. The van der Waals surface area contributed by atoms with Gasteiger partial charge in [0.25, 0.3) is 0 Å². The molecule has 19 heavy (non-hydrogen) atoms. The van der Waals surface area contributed by atoms with Gasteiger partial charge in [0, 0.05) is 36.1 Å². The Hall–Kier alpha value is -1.49. The molecule has 1 aromatic carbocycles. The molecule has 2 amide bonds. The highest BCUT2D eigenvalue weighted by Crippen LogP contribution is 2.39. The predicted octanol–water partition coefficient (Wildman–Crippen LogP) is 1.22. The van der Waals surface area contributed by atoms with Crippen LogP contribution in [0.2, 0.25) is 0 Å². The first-order valence-electron chi connectivity index (χ1n) is 6.50. The van der Waals surface area contributed by atoms with Crippen LogP contribution in [0.3, 0.4) is 0 Å². The standard InChI is InChI=1S/C14H16N2O2S/c17-13-5-6-16(14(18)7-15-13)8-10-9-19-12-4-2-1-3-11(10)12/h1-4,10H,5-9H2,(H,15,17). The Morgan fingerprint density at radius 2 is 2.16 bits per heavy atom. The van der Waals surface area contributed by atoms with Gasteiger partial charge < -0.3 is 10.2 Å². The van der Waals surface area contributed by atoms with Gasteiger partial charge in [0.15, 0.2) is 0 Å². The molecule has 1 N–H and O–H groups in total. The molecule has 1 atom stereocenters. The van der Waals surface area contributed by atoms with Gasteiger partial charge in [-0.2, -0.15) is 0 Å². The number of hydrogen-bond donors (Lipinski definition) is 1. The topological polar surface area (TPSA) is 49.4 Å². The molecular formula is C14H16N2O2S. The fourth-order valence-electron chi connectivity index (χ4n) is 2.58. The van der Waals surface area contributed by atoms with Gasteiger partial charge in [-0.25, -0.2) is 0 Å². The lowest BCUT2D eigenvalue weighted by Crippen LogP contribution is -2.37. The highest BCUT2D eigenvalue weighted by atomic mass is 32.2. The van der Waals surface area contributed by atoms with Gasteiger partial charge in [-0.3, -0.25) is 9.59 Å². The van der Waals surface area contributed by atoms with Crippen molar-refractivity contribution in [2.75, 3.05) is 25.4 Å². The minimum Gasteiger partial charge on any atom is -0.347 e. The largest absolute Gasteiger partial charge is 0.347 e. The Balaban J connectivity index is 1.72. The zero-order chi connectivity index (χ0) is 13.2. The molecule has 0 aromatic heterocycles. The van der Waals surface area contributed by atoms with E-state index in [4.69, 9.17) is 0 Å². The molecule has 5 heteroatoms. The summed E-state index contributed by atoms with van der Waals surface area (Å²) in [6.07, 6.45) is 0.410. The lowest BCUT2D eigenvalue weighted by atomic mass is 10.0. The van der Waals surface area contributed by atoms with Crippen LogP contribution in [0.25, 0.3) is 0 Å². The normalized spacial score (nSPS) is 22.9. The Bertz CT molecular complexity index is 518. The zero-order valence-corrected chi connectivity index (χ0v) is 11.4. The first-order chi connectivity index (χ1) is 9.24. The van der Waals surface area contributed by atoms with Gasteiger partial charge in [0.1, 0.15) is 0 Å². The Morgan fingerprint density at radius 1 is 1.32 bits per heavy atom. The maximum Gasteiger partial charge on any atom is 0.241 e. The van der Waals surface area contributed by atoms with Crippen LogP contribution in [-0.4, -0.2) is 42.1 Å². The number of carbonyl (C=O) groups is 2. The summed E-state index contributed by atoms with van der Waals surface area (Å²) < 4.78 is 0. The molecule has 1 unspecified atom stereocenters. The van der Waals surface area contributed by atoms with Gasteiger partial charge in [0.05, 0.1) is 6.54 Å². The lowest BCUT2D eigenvalue weighted by molar-refractivity contribution is -0.130. The fourth-order valence-corrected chi connectivity index (χ4v) is 3.82. The third-order valence-electron chi connectivity index (χ3n) is 3.64. The zero-order valence-electron chi connectivity index (χ0n) is 10.6. The molecule has 1 saturated heterocycles. The quantitative estimate of drug-likeness (QED) is 0.883. The average Bonchev–Trinajstić information content (AvgIpc) is 2.76. The number of carbonyl (C=O) groups excluding carboxylic acids is 2. The summed E-state index contributed by atoms with van der Waals surface area (Å²) in [5, 5.41) is 2.63. The van der Waals surface area contributed by atoms with Gasteiger partial charge in [-0.1, -0.05) is 18.2 Å². The van der Waals surface area contributed by atoms with E-state index < -0.39 is 0 Å². The number of amides is 2. The van der Waals surface area contributed by atoms with Gasteiger partial charge in [-0.15, -0.1) is 11.8 Å². The third-order valence-corrected chi connectivity index (χ3v) is 4.89. The molecule has 3 rings (SSSR count). The summed E-state index contributed by atoms with van der Waals surface area (Å²) in [5.41, 5.74) is 1.34. The van der Waals surface area contributed by atoms with E-state index in [2.05, 4.69) is 17.4 Å². The van der Waals surface area contributed by atoms with E-state index in [1.165, 1.54) is 10.5 Å². The number of fused-ring (bicyclic) bond motifs is 1. The monoisotopic (exact) mass is 276 g/mol. The highest BCUT2D eigenvalue weighted by molar-refractivity contribution is 7.99. The summed E-state index contributed by atoms with van der Waals surface area (Å²) in [4.78, 5) is 26.4. The van der Waals surface area contributed by atoms with Crippen molar-refractivity contribution in [3.8, 4) is 0 Å². The van der Waals surface area contributed by atoms with E-state index in [0.717, 1.165) is 12.3 Å². The average molecular weight is 276 g/mol. The van der Waals surface area contributed by atoms with E-state index in [0.29, 0.717) is 18.9 Å². The highest BCUT2D eigenvalue weighted by Gasteiger charge is 2.28. The van der Waals surface area contributed by atoms with Crippen molar-refractivity contribution >= 4 is 23.6 Å². The number of nitrogens with zero attached hydrogens (tertiary/aromatic N) is 1. The van der Waals surface area contributed by atoms with Crippen molar-refractivity contribution in [2.45, 2.75) is 17.2 Å². The SMILES string of the molecule is O=C1CCN(CC2CSc3ccccc32)C(=O)CN1. The minimum atomic E-state index is -0.0305. The van der Waals surface area contributed by atoms with E-state index in [1.807, 2.05) is 28.8 Å². The molecule has 2 aliphatic heterocycles. The van der Waals surface area contributed by atoms with Gasteiger partial charge >= 0.3 is 0 Å². The van der Waals surface area contributed by atoms with Crippen LogP contribution in [0.15, 0.2) is 29.2 Å². The van der Waals surface area contributed by atoms with Crippen molar-refractivity contribution in [1.82, 2.24) is 10.2 Å². The molecule has 0 spiro atoms. The molecule has 2 heterocycles. The molecule has 4 nitrogen and oxygen atoms in total. The van der Waals surface area contributed by atoms with Gasteiger partial charge in [0.2, 0.25) is 11.8 Å². The molecule has 0 radical (unpaired) electrons. The number of hydrogen-bond acceptors (Lipinski definition) is 3. The van der Waals surface area contributed by atoms with Crippen molar-refractivity contribution in [1.29, 1.82) is 0 Å². The fraction of sp³-hybridized carbons (Fsp3) is 0.429. The summed E-state index contributed by atoms with van der Waals surface area (Å²) in [5.74, 6) is 1.40. The van der Waals surface area contributed by atoms with E-state index in [1.54, 1.807) is 0 Å². The Labute approximate surface area is 116 Å². The molecule has 0 aliphatic carbocycles.